The molecule has 1 aliphatic rings. The van der Waals surface area contributed by atoms with Crippen LogP contribution in [0.15, 0.2) is 12.4 Å². The first-order valence-electron chi connectivity index (χ1n) is 6.11. The fourth-order valence-electron chi connectivity index (χ4n) is 2.28. The molecule has 2 heterocycles. The molecule has 5 heteroatoms. The highest BCUT2D eigenvalue weighted by molar-refractivity contribution is 5.36. The molecule has 1 unspecified atom stereocenters. The van der Waals surface area contributed by atoms with E-state index in [0.717, 1.165) is 31.7 Å². The summed E-state index contributed by atoms with van der Waals surface area (Å²) in [5, 5.41) is 17.9. The number of aliphatic hydroxyl groups excluding tert-OH is 2. The molecule has 2 rings (SSSR count). The van der Waals surface area contributed by atoms with E-state index >= 15 is 0 Å². The Morgan fingerprint density at radius 1 is 1.29 bits per heavy atom. The quantitative estimate of drug-likeness (QED) is 0.801. The molecule has 1 aliphatic heterocycles. The van der Waals surface area contributed by atoms with Crippen LogP contribution in [-0.4, -0.2) is 39.9 Å². The molecular formula is C12H19N3O2. The summed E-state index contributed by atoms with van der Waals surface area (Å²) in [7, 11) is 0. The van der Waals surface area contributed by atoms with Crippen molar-refractivity contribution in [1.82, 2.24) is 9.97 Å². The maximum absolute atomic E-state index is 8.97. The monoisotopic (exact) mass is 237 g/mol. The number of hydrogen-bond donors (Lipinski definition) is 2. The molecule has 2 N–H and O–H groups in total. The third kappa shape index (κ3) is 3.14. The molecule has 1 aromatic heterocycles. The number of aromatic nitrogens is 2. The number of nitrogens with zero attached hydrogens (tertiary/aromatic N) is 3. The van der Waals surface area contributed by atoms with Gasteiger partial charge in [-0.25, -0.2) is 4.98 Å². The lowest BCUT2D eigenvalue weighted by Crippen LogP contribution is -2.36. The zero-order chi connectivity index (χ0) is 12.1. The van der Waals surface area contributed by atoms with Gasteiger partial charge < -0.3 is 15.1 Å². The third-order valence-corrected chi connectivity index (χ3v) is 3.23. The molecule has 5 nitrogen and oxygen atoms in total. The van der Waals surface area contributed by atoms with Gasteiger partial charge in [-0.15, -0.1) is 0 Å². The van der Waals surface area contributed by atoms with Crippen molar-refractivity contribution in [2.24, 2.45) is 5.92 Å². The van der Waals surface area contributed by atoms with Crippen molar-refractivity contribution in [3.63, 3.8) is 0 Å². The molecule has 0 spiro atoms. The standard InChI is InChI=1S/C12H19N3O2/c16-5-3-10-2-1-4-15(8-10)12-7-13-11(9-17)6-14-12/h6-7,10,16-17H,1-5,8-9H2. The van der Waals surface area contributed by atoms with E-state index < -0.39 is 0 Å². The van der Waals surface area contributed by atoms with Crippen LogP contribution in [0, 0.1) is 5.92 Å². The molecule has 0 saturated carbocycles. The predicted molar refractivity (Wildman–Crippen MR) is 64.6 cm³/mol. The van der Waals surface area contributed by atoms with Crippen LogP contribution in [0.3, 0.4) is 0 Å². The maximum atomic E-state index is 8.97. The third-order valence-electron chi connectivity index (χ3n) is 3.23. The maximum Gasteiger partial charge on any atom is 0.147 e. The Morgan fingerprint density at radius 2 is 2.18 bits per heavy atom. The van der Waals surface area contributed by atoms with Gasteiger partial charge in [-0.05, 0) is 25.2 Å². The van der Waals surface area contributed by atoms with Gasteiger partial charge in [0.1, 0.15) is 5.82 Å². The van der Waals surface area contributed by atoms with Crippen LogP contribution in [-0.2, 0) is 6.61 Å². The molecule has 0 bridgehead atoms. The van der Waals surface area contributed by atoms with E-state index in [1.54, 1.807) is 12.4 Å². The molecule has 1 fully saturated rings. The van der Waals surface area contributed by atoms with E-state index in [4.69, 9.17) is 10.2 Å². The van der Waals surface area contributed by atoms with Crippen molar-refractivity contribution in [1.29, 1.82) is 0 Å². The minimum absolute atomic E-state index is 0.0690. The average Bonchev–Trinajstić information content (AvgIpc) is 2.40. The molecule has 17 heavy (non-hydrogen) atoms. The van der Waals surface area contributed by atoms with E-state index in [0.29, 0.717) is 11.6 Å². The SMILES string of the molecule is OCCC1CCCN(c2cnc(CO)cn2)C1. The van der Waals surface area contributed by atoms with Gasteiger partial charge in [0, 0.05) is 19.7 Å². The Hall–Kier alpha value is -1.20. The van der Waals surface area contributed by atoms with E-state index in [-0.39, 0.29) is 13.2 Å². The average molecular weight is 237 g/mol. The second-order valence-corrected chi connectivity index (χ2v) is 4.49. The van der Waals surface area contributed by atoms with Gasteiger partial charge in [-0.1, -0.05) is 0 Å². The zero-order valence-electron chi connectivity index (χ0n) is 9.92. The van der Waals surface area contributed by atoms with Crippen LogP contribution >= 0.6 is 0 Å². The van der Waals surface area contributed by atoms with Gasteiger partial charge in [-0.2, -0.15) is 0 Å². The van der Waals surface area contributed by atoms with Crippen molar-refractivity contribution in [2.75, 3.05) is 24.6 Å². The summed E-state index contributed by atoms with van der Waals surface area (Å²) < 4.78 is 0. The lowest BCUT2D eigenvalue weighted by molar-refractivity contribution is 0.244. The lowest BCUT2D eigenvalue weighted by atomic mass is 9.95. The van der Waals surface area contributed by atoms with E-state index in [9.17, 15) is 0 Å². The van der Waals surface area contributed by atoms with Gasteiger partial charge in [0.15, 0.2) is 0 Å². The van der Waals surface area contributed by atoms with Crippen LogP contribution in [0.1, 0.15) is 25.0 Å². The summed E-state index contributed by atoms with van der Waals surface area (Å²) in [5.74, 6) is 1.41. The molecule has 94 valence electrons. The fraction of sp³-hybridized carbons (Fsp3) is 0.667. The van der Waals surface area contributed by atoms with Crippen molar-refractivity contribution >= 4 is 5.82 Å². The second-order valence-electron chi connectivity index (χ2n) is 4.49. The Kier molecular flexibility index (Phi) is 4.28. The van der Waals surface area contributed by atoms with E-state index in [2.05, 4.69) is 14.9 Å². The molecule has 0 radical (unpaired) electrons. The Bertz CT molecular complexity index is 340. The van der Waals surface area contributed by atoms with Gasteiger partial charge >= 0.3 is 0 Å². The first-order valence-corrected chi connectivity index (χ1v) is 6.11. The number of rotatable bonds is 4. The number of piperidine rings is 1. The highest BCUT2D eigenvalue weighted by atomic mass is 16.3. The van der Waals surface area contributed by atoms with E-state index in [1.807, 2.05) is 0 Å². The molecule has 0 aromatic carbocycles. The minimum atomic E-state index is -0.0690. The summed E-state index contributed by atoms with van der Waals surface area (Å²) in [6.45, 7) is 2.12. The first kappa shape index (κ1) is 12.3. The lowest BCUT2D eigenvalue weighted by Gasteiger charge is -2.33. The molecule has 1 saturated heterocycles. The van der Waals surface area contributed by atoms with Gasteiger partial charge in [0.05, 0.1) is 24.7 Å². The summed E-state index contributed by atoms with van der Waals surface area (Å²) in [6.07, 6.45) is 6.50. The number of aliphatic hydroxyl groups is 2. The van der Waals surface area contributed by atoms with Gasteiger partial charge in [0.25, 0.3) is 0 Å². The number of hydrogen-bond acceptors (Lipinski definition) is 5. The Labute approximate surface area is 101 Å². The van der Waals surface area contributed by atoms with Crippen LogP contribution in [0.25, 0.3) is 0 Å². The van der Waals surface area contributed by atoms with Crippen molar-refractivity contribution < 1.29 is 10.2 Å². The van der Waals surface area contributed by atoms with Crippen molar-refractivity contribution in [3.8, 4) is 0 Å². The van der Waals surface area contributed by atoms with Gasteiger partial charge in [-0.3, -0.25) is 4.98 Å². The van der Waals surface area contributed by atoms with E-state index in [1.165, 1.54) is 6.42 Å². The Morgan fingerprint density at radius 3 is 2.82 bits per heavy atom. The van der Waals surface area contributed by atoms with Crippen molar-refractivity contribution in [2.45, 2.75) is 25.9 Å². The van der Waals surface area contributed by atoms with Crippen LogP contribution in [0.2, 0.25) is 0 Å². The summed E-state index contributed by atoms with van der Waals surface area (Å²) in [5.41, 5.74) is 0.595. The summed E-state index contributed by atoms with van der Waals surface area (Å²) in [4.78, 5) is 10.7. The van der Waals surface area contributed by atoms with Crippen LogP contribution in [0.5, 0.6) is 0 Å². The minimum Gasteiger partial charge on any atom is -0.396 e. The molecule has 1 atom stereocenters. The van der Waals surface area contributed by atoms with Crippen LogP contribution in [0.4, 0.5) is 5.82 Å². The molecular weight excluding hydrogens is 218 g/mol. The van der Waals surface area contributed by atoms with Crippen LogP contribution < -0.4 is 4.90 Å². The smallest absolute Gasteiger partial charge is 0.147 e. The Balaban J connectivity index is 2.00. The number of anilines is 1. The van der Waals surface area contributed by atoms with Crippen molar-refractivity contribution in [3.05, 3.63) is 18.1 Å². The highest BCUT2D eigenvalue weighted by Gasteiger charge is 2.20. The topological polar surface area (TPSA) is 69.5 Å². The predicted octanol–water partition coefficient (Wildman–Crippen LogP) is 0.568. The normalized spacial score (nSPS) is 20.6. The molecule has 0 aliphatic carbocycles. The second kappa shape index (κ2) is 5.93. The molecule has 1 aromatic rings. The molecule has 0 amide bonds. The highest BCUT2D eigenvalue weighted by Crippen LogP contribution is 2.22. The summed E-state index contributed by atoms with van der Waals surface area (Å²) >= 11 is 0. The fourth-order valence-corrected chi connectivity index (χ4v) is 2.28. The zero-order valence-corrected chi connectivity index (χ0v) is 9.92. The van der Waals surface area contributed by atoms with Gasteiger partial charge in [0.2, 0.25) is 0 Å². The largest absolute Gasteiger partial charge is 0.396 e. The first-order chi connectivity index (χ1) is 8.33. The summed E-state index contributed by atoms with van der Waals surface area (Å²) in [6, 6.07) is 0.